The first kappa shape index (κ1) is 3.44. The third kappa shape index (κ3) is 3.83. The van der Waals surface area contributed by atoms with Gasteiger partial charge in [0.1, 0.15) is 11.8 Å². The monoisotopic (exact) mass is 273 g/mol. The molecule has 2 aromatic carbocycles. The number of hydrogen-bond acceptors (Lipinski definition) is 2. The molecule has 0 spiro atoms. The molecule has 0 aromatic heterocycles. The van der Waals surface area contributed by atoms with Crippen LogP contribution in [0.4, 0.5) is 0 Å². The molecule has 0 aliphatic heterocycles. The highest BCUT2D eigenvalue weighted by Crippen LogP contribution is 2.26. The minimum atomic E-state index is -3.53. The smallest absolute Gasteiger partial charge is 0.125 e. The van der Waals surface area contributed by atoms with Crippen molar-refractivity contribution in [1.29, 1.82) is 0 Å². The van der Waals surface area contributed by atoms with E-state index in [1.807, 2.05) is 0 Å². The van der Waals surface area contributed by atoms with Crippen LogP contribution in [0.25, 0.3) is 0 Å². The molecule has 2 nitrogen and oxygen atoms in total. The average Bonchev–Trinajstić information content (AvgIpc) is 2.76. The molecular formula is C17H21NO. The molecule has 0 aliphatic carbocycles. The fourth-order valence-electron chi connectivity index (χ4n) is 1.14. The lowest BCUT2D eigenvalue weighted by Crippen LogP contribution is -2.16. The van der Waals surface area contributed by atoms with Crippen LogP contribution < -0.4 is 10.1 Å². The van der Waals surface area contributed by atoms with E-state index in [1.54, 1.807) is 5.32 Å². The molecule has 2 heteroatoms. The topological polar surface area (TPSA) is 21.3 Å². The Morgan fingerprint density at radius 3 is 2.84 bits per heavy atom. The largest absolute Gasteiger partial charge is 0.485 e. The summed E-state index contributed by atoms with van der Waals surface area (Å²) in [5.41, 5.74) is -2.30. The Morgan fingerprint density at radius 1 is 1.26 bits per heavy atom. The van der Waals surface area contributed by atoms with Crippen molar-refractivity contribution in [3.05, 3.63) is 65.5 Å². The van der Waals surface area contributed by atoms with Gasteiger partial charge in [0.15, 0.2) is 0 Å². The van der Waals surface area contributed by atoms with E-state index in [0.717, 1.165) is 0 Å². The van der Waals surface area contributed by atoms with Crippen LogP contribution >= 0.6 is 0 Å². The van der Waals surface area contributed by atoms with Gasteiger partial charge in [-0.2, -0.15) is 0 Å². The Morgan fingerprint density at radius 2 is 2.05 bits per heavy atom. The van der Waals surface area contributed by atoms with E-state index in [9.17, 15) is 0 Å². The number of hydrogen-bond donors (Lipinski definition) is 1. The summed E-state index contributed by atoms with van der Waals surface area (Å²) in [7, 11) is 0. The summed E-state index contributed by atoms with van der Waals surface area (Å²) in [5.74, 6) is -1.23. The Labute approximate surface area is 140 Å². The van der Waals surface area contributed by atoms with Gasteiger partial charge in [-0.25, -0.2) is 0 Å². The number of benzene rings is 2. The molecule has 100 valence electrons. The van der Waals surface area contributed by atoms with Crippen LogP contribution in [0, 0.1) is 6.85 Å². The standard InChI is InChI=1S/C17H21NO/c1-14-8-6-7-11-16(14)19-17(12-13-18-2)15-9-4-3-5-10-15/h3-11,17-18H,12-13H2,1-2H3/i1D3,2D3,3D,4D,5D,6D,7D,8D,9D,10D,11D,12D2,17D. The second-order valence-corrected chi connectivity index (χ2v) is 3.17. The predicted octanol–water partition coefficient (Wildman–Crippen LogP) is 3.72. The van der Waals surface area contributed by atoms with Gasteiger partial charge in [0, 0.05) is 17.3 Å². The summed E-state index contributed by atoms with van der Waals surface area (Å²) in [6.45, 7) is -7.51. The molecule has 0 heterocycles. The summed E-state index contributed by atoms with van der Waals surface area (Å²) in [5, 5.41) is 1.80. The van der Waals surface area contributed by atoms with Crippen LogP contribution in [0.5, 0.6) is 5.75 Å². The molecule has 1 unspecified atom stereocenters. The van der Waals surface area contributed by atoms with Gasteiger partial charge < -0.3 is 10.1 Å². The van der Waals surface area contributed by atoms with E-state index < -0.39 is 104 Å². The lowest BCUT2D eigenvalue weighted by atomic mass is 10.1. The Kier molecular flexibility index (Phi) is 1.26. The van der Waals surface area contributed by atoms with Crippen molar-refractivity contribution in [2.24, 2.45) is 0 Å². The van der Waals surface area contributed by atoms with Gasteiger partial charge in [-0.1, -0.05) is 48.3 Å². The Bertz CT molecular complexity index is 1190. The zero-order valence-electron chi connectivity index (χ0n) is 27.6. The van der Waals surface area contributed by atoms with Crippen molar-refractivity contribution in [3.63, 3.8) is 0 Å². The average molecular weight is 273 g/mol. The van der Waals surface area contributed by atoms with Crippen LogP contribution in [0.3, 0.4) is 0 Å². The fourth-order valence-corrected chi connectivity index (χ4v) is 1.14. The van der Waals surface area contributed by atoms with Gasteiger partial charge in [-0.3, -0.25) is 0 Å². The highest BCUT2D eigenvalue weighted by molar-refractivity contribution is 5.33. The molecule has 0 bridgehead atoms. The molecule has 1 atom stereocenters. The number of rotatable bonds is 6. The van der Waals surface area contributed by atoms with E-state index in [1.165, 1.54) is 0 Å². The summed E-state index contributed by atoms with van der Waals surface area (Å²) in [6.07, 6.45) is -6.84. The molecule has 2 aromatic rings. The van der Waals surface area contributed by atoms with Crippen LogP contribution in [0.2, 0.25) is 0 Å². The van der Waals surface area contributed by atoms with Crippen LogP contribution in [-0.4, -0.2) is 13.5 Å². The SMILES string of the molecule is [2H]c1c([2H])c([2H])c(C([2H])(Oc2c([2H])c([2H])c([2H])c([2H])c2C([2H])([2H])[2H])C([2H])([2H])CNC([2H])([2H])[2H])c([2H])c1[2H]. The molecule has 0 amide bonds. The molecule has 0 fully saturated rings. The first-order valence-electron chi connectivity index (χ1n) is 14.1. The van der Waals surface area contributed by atoms with E-state index in [4.69, 9.17) is 29.4 Å². The normalized spacial score (nSPS) is 29.5. The summed E-state index contributed by atoms with van der Waals surface area (Å²) in [4.78, 5) is 0. The first-order chi connectivity index (χ1) is 16.5. The van der Waals surface area contributed by atoms with Gasteiger partial charge in [-0.15, -0.1) is 0 Å². The van der Waals surface area contributed by atoms with Crippen LogP contribution in [0.15, 0.2) is 54.4 Å². The molecule has 0 saturated heterocycles. The molecule has 0 saturated carbocycles. The zero-order valence-corrected chi connectivity index (χ0v) is 9.62. The number of para-hydroxylation sites is 1. The second kappa shape index (κ2) is 6.95. The van der Waals surface area contributed by atoms with Gasteiger partial charge in [-0.05, 0) is 37.5 Å². The van der Waals surface area contributed by atoms with Crippen LogP contribution in [-0.2, 0) is 0 Å². The lowest BCUT2D eigenvalue weighted by Gasteiger charge is -2.20. The highest BCUT2D eigenvalue weighted by atomic mass is 16.5. The minimum absolute atomic E-state index is 0.910. The predicted molar refractivity (Wildman–Crippen MR) is 79.5 cm³/mol. The lowest BCUT2D eigenvalue weighted by molar-refractivity contribution is 0.193. The maximum Gasteiger partial charge on any atom is 0.125 e. The molecule has 0 aliphatic rings. The van der Waals surface area contributed by atoms with Crippen molar-refractivity contribution in [3.8, 4) is 5.75 Å². The van der Waals surface area contributed by atoms with Crippen molar-refractivity contribution in [2.45, 2.75) is 19.3 Å². The van der Waals surface area contributed by atoms with E-state index >= 15 is 0 Å². The number of ether oxygens (including phenoxy) is 1. The highest BCUT2D eigenvalue weighted by Gasteiger charge is 2.13. The molecule has 2 rings (SSSR count). The minimum Gasteiger partial charge on any atom is -0.485 e. The maximum atomic E-state index is 8.92. The van der Waals surface area contributed by atoms with Crippen LogP contribution in [0.1, 0.15) is 48.3 Å². The van der Waals surface area contributed by atoms with Crippen molar-refractivity contribution >= 4 is 0 Å². The second-order valence-electron chi connectivity index (χ2n) is 3.17. The van der Waals surface area contributed by atoms with E-state index in [0.29, 0.717) is 0 Å². The Hall–Kier alpha value is -1.80. The van der Waals surface area contributed by atoms with Gasteiger partial charge >= 0.3 is 0 Å². The Balaban J connectivity index is 3.04. The molecule has 19 heavy (non-hydrogen) atoms. The van der Waals surface area contributed by atoms with Gasteiger partial charge in [0.2, 0.25) is 0 Å². The van der Waals surface area contributed by atoms with Crippen molar-refractivity contribution < 1.29 is 29.4 Å². The third-order valence-corrected chi connectivity index (χ3v) is 1.92. The quantitative estimate of drug-likeness (QED) is 0.866. The summed E-state index contributed by atoms with van der Waals surface area (Å²) >= 11 is 0. The van der Waals surface area contributed by atoms with Gasteiger partial charge in [0.25, 0.3) is 0 Å². The van der Waals surface area contributed by atoms with Crippen molar-refractivity contribution in [2.75, 3.05) is 13.5 Å². The first-order valence-corrected chi connectivity index (χ1v) is 5.12. The third-order valence-electron chi connectivity index (χ3n) is 1.92. The fraction of sp³-hybridized carbons (Fsp3) is 0.294. The molecule has 1 N–H and O–H groups in total. The number of nitrogens with one attached hydrogen (secondary N) is 1. The molecular weight excluding hydrogens is 234 g/mol. The van der Waals surface area contributed by atoms with Gasteiger partial charge in [0.05, 0.1) is 13.7 Å². The van der Waals surface area contributed by atoms with E-state index in [2.05, 4.69) is 0 Å². The summed E-state index contributed by atoms with van der Waals surface area (Å²) < 4.78 is 148. The summed E-state index contributed by atoms with van der Waals surface area (Å²) in [6, 6.07) is -9.43. The maximum absolute atomic E-state index is 8.92. The van der Waals surface area contributed by atoms with E-state index in [-0.39, 0.29) is 0 Å². The zero-order chi connectivity index (χ0) is 29.0. The molecule has 0 radical (unpaired) electrons. The van der Waals surface area contributed by atoms with Crippen molar-refractivity contribution in [1.82, 2.24) is 5.32 Å².